The Hall–Kier alpha value is -2.81. The fraction of sp³-hybridized carbons (Fsp3) is 0.478. The van der Waals surface area contributed by atoms with E-state index in [4.69, 9.17) is 9.47 Å². The molecular formula is C23H30N2O6S. The number of benzene rings is 1. The molecule has 1 heterocycles. The summed E-state index contributed by atoms with van der Waals surface area (Å²) in [7, 11) is -1.76. The van der Waals surface area contributed by atoms with Crippen LogP contribution >= 0.6 is 0 Å². The number of esters is 1. The molecule has 0 bridgehead atoms. The van der Waals surface area contributed by atoms with Gasteiger partial charge in [0.1, 0.15) is 17.4 Å². The number of nitro groups is 1. The van der Waals surface area contributed by atoms with Gasteiger partial charge in [-0.05, 0) is 33.9 Å². The zero-order chi connectivity index (χ0) is 23.3. The van der Waals surface area contributed by atoms with Gasteiger partial charge in [0, 0.05) is 11.8 Å². The summed E-state index contributed by atoms with van der Waals surface area (Å²) in [5.41, 5.74) is 0.889. The van der Waals surface area contributed by atoms with Crippen molar-refractivity contribution < 1.29 is 23.4 Å². The number of nitrogens with zero attached hydrogens (tertiary/aromatic N) is 2. The Labute approximate surface area is 191 Å². The number of aromatic nitrogens is 1. The third kappa shape index (κ3) is 8.37. The van der Waals surface area contributed by atoms with Crippen LogP contribution in [0.3, 0.4) is 0 Å². The Morgan fingerprint density at radius 1 is 1.19 bits per heavy atom. The maximum absolute atomic E-state index is 12.8. The minimum absolute atomic E-state index is 0.0442. The number of carbonyl (C=O) groups excluding carboxylic acids is 1. The lowest BCUT2D eigenvalue weighted by atomic mass is 10.0. The Balaban J connectivity index is 1.99. The zero-order valence-corrected chi connectivity index (χ0v) is 19.3. The van der Waals surface area contributed by atoms with E-state index in [1.165, 1.54) is 12.1 Å². The van der Waals surface area contributed by atoms with E-state index in [1.807, 2.05) is 30.3 Å². The van der Waals surface area contributed by atoms with Gasteiger partial charge in [-0.2, -0.15) is 0 Å². The van der Waals surface area contributed by atoms with E-state index in [-0.39, 0.29) is 29.6 Å². The van der Waals surface area contributed by atoms with Gasteiger partial charge >= 0.3 is 11.8 Å². The van der Waals surface area contributed by atoms with Crippen LogP contribution in [0.5, 0.6) is 5.75 Å². The molecule has 32 heavy (non-hydrogen) atoms. The van der Waals surface area contributed by atoms with Crippen molar-refractivity contribution in [1.82, 2.24) is 4.98 Å². The van der Waals surface area contributed by atoms with Crippen molar-refractivity contribution in [2.75, 3.05) is 12.4 Å². The number of unbranched alkanes of at least 4 members (excludes halogenated alkanes) is 1. The summed E-state index contributed by atoms with van der Waals surface area (Å²) in [6.07, 6.45) is 4.04. The molecule has 2 unspecified atom stereocenters. The lowest BCUT2D eigenvalue weighted by molar-refractivity contribution is -0.390. The minimum atomic E-state index is -1.76. The lowest BCUT2D eigenvalue weighted by Crippen LogP contribution is -2.16. The van der Waals surface area contributed by atoms with Gasteiger partial charge in [0.05, 0.1) is 13.0 Å². The smallest absolute Gasteiger partial charge is 0.365 e. The molecule has 174 valence electrons. The normalized spacial score (nSPS) is 12.7. The molecule has 0 fully saturated rings. The number of pyridine rings is 1. The van der Waals surface area contributed by atoms with Crippen LogP contribution in [0.15, 0.2) is 47.5 Å². The number of hydrogen-bond acceptors (Lipinski definition) is 7. The van der Waals surface area contributed by atoms with Gasteiger partial charge in [-0.15, -0.1) is 0 Å². The van der Waals surface area contributed by atoms with Crippen LogP contribution < -0.4 is 4.74 Å². The van der Waals surface area contributed by atoms with Gasteiger partial charge in [0.25, 0.3) is 5.03 Å². The van der Waals surface area contributed by atoms with Gasteiger partial charge in [0.2, 0.25) is 0 Å². The van der Waals surface area contributed by atoms with Gasteiger partial charge in [-0.25, -0.2) is 0 Å². The summed E-state index contributed by atoms with van der Waals surface area (Å²) in [5.74, 6) is -0.409. The molecule has 1 aromatic carbocycles. The number of carbonyl (C=O) groups is 1. The average molecular weight is 463 g/mol. The third-order valence-electron chi connectivity index (χ3n) is 4.97. The summed E-state index contributed by atoms with van der Waals surface area (Å²) in [4.78, 5) is 26.5. The number of ether oxygens (including phenoxy) is 2. The van der Waals surface area contributed by atoms with Crippen LogP contribution in [0.1, 0.15) is 51.5 Å². The molecule has 0 saturated heterocycles. The SMILES string of the molecule is CCCCC(CC)COC(=O)CCS(=O)c1nc([N+](=O)[O-])ccc1OCc1ccccc1. The van der Waals surface area contributed by atoms with Gasteiger partial charge in [0.15, 0.2) is 5.75 Å². The fourth-order valence-electron chi connectivity index (χ4n) is 2.98. The van der Waals surface area contributed by atoms with E-state index in [1.54, 1.807) is 0 Å². The second-order valence-electron chi connectivity index (χ2n) is 7.40. The van der Waals surface area contributed by atoms with Crippen LogP contribution in [-0.4, -0.2) is 32.4 Å². The molecule has 0 amide bonds. The van der Waals surface area contributed by atoms with Crippen LogP contribution in [0, 0.1) is 16.0 Å². The van der Waals surface area contributed by atoms with E-state index in [0.29, 0.717) is 12.5 Å². The van der Waals surface area contributed by atoms with Crippen molar-refractivity contribution in [3.63, 3.8) is 0 Å². The summed E-state index contributed by atoms with van der Waals surface area (Å²) in [5, 5.41) is 11.1. The van der Waals surface area contributed by atoms with E-state index in [0.717, 1.165) is 31.2 Å². The van der Waals surface area contributed by atoms with Gasteiger partial charge in [-0.3, -0.25) is 9.00 Å². The van der Waals surface area contributed by atoms with Gasteiger partial charge < -0.3 is 19.6 Å². The molecule has 0 N–H and O–H groups in total. The van der Waals surface area contributed by atoms with Crippen LogP contribution in [0.25, 0.3) is 0 Å². The van der Waals surface area contributed by atoms with Crippen molar-refractivity contribution in [2.24, 2.45) is 5.92 Å². The second kappa shape index (κ2) is 13.6. The first-order valence-electron chi connectivity index (χ1n) is 10.8. The molecule has 0 saturated carbocycles. The van der Waals surface area contributed by atoms with Crippen molar-refractivity contribution >= 4 is 22.6 Å². The average Bonchev–Trinajstić information content (AvgIpc) is 2.81. The van der Waals surface area contributed by atoms with E-state index < -0.39 is 27.5 Å². The molecule has 0 spiro atoms. The van der Waals surface area contributed by atoms with Crippen LogP contribution in [0.4, 0.5) is 5.82 Å². The summed E-state index contributed by atoms with van der Waals surface area (Å²) in [6.45, 7) is 4.73. The highest BCUT2D eigenvalue weighted by Gasteiger charge is 2.23. The van der Waals surface area contributed by atoms with Gasteiger partial charge in [-0.1, -0.05) is 63.4 Å². The second-order valence-corrected chi connectivity index (χ2v) is 8.89. The quantitative estimate of drug-likeness (QED) is 0.225. The molecule has 0 aliphatic heterocycles. The van der Waals surface area contributed by atoms with E-state index in [2.05, 4.69) is 18.8 Å². The minimum Gasteiger partial charge on any atom is -0.484 e. The maximum Gasteiger partial charge on any atom is 0.365 e. The molecular weight excluding hydrogens is 432 g/mol. The van der Waals surface area contributed by atoms with Crippen LogP contribution in [-0.2, 0) is 26.9 Å². The molecule has 8 nitrogen and oxygen atoms in total. The highest BCUT2D eigenvalue weighted by atomic mass is 32.2. The highest BCUT2D eigenvalue weighted by molar-refractivity contribution is 7.85. The lowest BCUT2D eigenvalue weighted by Gasteiger charge is -2.14. The third-order valence-corrected chi connectivity index (χ3v) is 6.26. The zero-order valence-electron chi connectivity index (χ0n) is 18.5. The highest BCUT2D eigenvalue weighted by Crippen LogP contribution is 2.25. The standard InChI is InChI=1S/C23H30N2O6S/c1-3-5-9-18(4-2)16-31-22(26)14-15-32(29)23-20(12-13-21(24-23)25(27)28)30-17-19-10-7-6-8-11-19/h6-8,10-13,18H,3-5,9,14-17H2,1-2H3. The van der Waals surface area contributed by atoms with Crippen molar-refractivity contribution in [1.29, 1.82) is 0 Å². The van der Waals surface area contributed by atoms with Crippen molar-refractivity contribution in [2.45, 2.75) is 57.6 Å². The monoisotopic (exact) mass is 462 g/mol. The molecule has 0 radical (unpaired) electrons. The first kappa shape index (κ1) is 25.5. The number of rotatable bonds is 14. The predicted molar refractivity (Wildman–Crippen MR) is 122 cm³/mol. The summed E-state index contributed by atoms with van der Waals surface area (Å²) >= 11 is 0. The number of hydrogen-bond donors (Lipinski definition) is 0. The molecule has 2 rings (SSSR count). The molecule has 0 aliphatic rings. The summed E-state index contributed by atoms with van der Waals surface area (Å²) < 4.78 is 23.9. The van der Waals surface area contributed by atoms with Crippen molar-refractivity contribution in [3.05, 3.63) is 58.1 Å². The predicted octanol–water partition coefficient (Wildman–Crippen LogP) is 4.83. The summed E-state index contributed by atoms with van der Waals surface area (Å²) in [6, 6.07) is 11.9. The van der Waals surface area contributed by atoms with Crippen LogP contribution in [0.2, 0.25) is 0 Å². The maximum atomic E-state index is 12.8. The molecule has 2 atom stereocenters. The Morgan fingerprint density at radius 2 is 1.94 bits per heavy atom. The fourth-order valence-corrected chi connectivity index (χ4v) is 4.07. The van der Waals surface area contributed by atoms with E-state index in [9.17, 15) is 19.1 Å². The Bertz CT molecular complexity index is 907. The Kier molecular flexibility index (Phi) is 10.8. The molecule has 1 aromatic heterocycles. The molecule has 0 aliphatic carbocycles. The van der Waals surface area contributed by atoms with Crippen molar-refractivity contribution in [3.8, 4) is 5.75 Å². The Morgan fingerprint density at radius 3 is 2.59 bits per heavy atom. The topological polar surface area (TPSA) is 109 Å². The first-order valence-corrected chi connectivity index (χ1v) is 12.1. The first-order chi connectivity index (χ1) is 15.4. The van der Waals surface area contributed by atoms with E-state index >= 15 is 0 Å². The molecule has 2 aromatic rings. The molecule has 9 heteroatoms. The largest absolute Gasteiger partial charge is 0.484 e.